The number of rotatable bonds is 1. The molecule has 0 saturated heterocycles. The van der Waals surface area contributed by atoms with Gasteiger partial charge in [0, 0.05) is 6.42 Å². The predicted molar refractivity (Wildman–Crippen MR) is 48.1 cm³/mol. The highest BCUT2D eigenvalue weighted by atomic mass is 16.5. The maximum absolute atomic E-state index is 11.5. The standard InChI is InChI=1S/C10H16O3/c1-7-3-5-8(10(12)13-2)9(11)6-4-7/h7-8H,3-6H2,1-2H3. The number of ketones is 1. The molecule has 3 nitrogen and oxygen atoms in total. The van der Waals surface area contributed by atoms with Crippen LogP contribution in [0.3, 0.4) is 0 Å². The molecule has 13 heavy (non-hydrogen) atoms. The lowest BCUT2D eigenvalue weighted by Gasteiger charge is -2.09. The van der Waals surface area contributed by atoms with Crippen LogP contribution in [0.25, 0.3) is 0 Å². The van der Waals surface area contributed by atoms with E-state index in [2.05, 4.69) is 11.7 Å². The maximum atomic E-state index is 11.5. The highest BCUT2D eigenvalue weighted by molar-refractivity contribution is 5.99. The molecule has 0 aliphatic heterocycles. The summed E-state index contributed by atoms with van der Waals surface area (Å²) in [4.78, 5) is 22.7. The van der Waals surface area contributed by atoms with Crippen molar-refractivity contribution in [3.05, 3.63) is 0 Å². The highest BCUT2D eigenvalue weighted by Crippen LogP contribution is 2.25. The number of ether oxygens (including phenoxy) is 1. The van der Waals surface area contributed by atoms with E-state index in [1.54, 1.807) is 0 Å². The van der Waals surface area contributed by atoms with Crippen molar-refractivity contribution in [2.24, 2.45) is 11.8 Å². The summed E-state index contributed by atoms with van der Waals surface area (Å²) in [5, 5.41) is 0. The van der Waals surface area contributed by atoms with E-state index in [0.29, 0.717) is 18.8 Å². The van der Waals surface area contributed by atoms with Gasteiger partial charge in [0.25, 0.3) is 0 Å². The first kappa shape index (κ1) is 10.2. The van der Waals surface area contributed by atoms with E-state index in [4.69, 9.17) is 0 Å². The van der Waals surface area contributed by atoms with Gasteiger partial charge in [-0.2, -0.15) is 0 Å². The summed E-state index contributed by atoms with van der Waals surface area (Å²) in [5.74, 6) is -0.246. The molecular weight excluding hydrogens is 168 g/mol. The Bertz CT molecular complexity index is 210. The molecule has 0 spiro atoms. The van der Waals surface area contributed by atoms with Crippen molar-refractivity contribution in [3.63, 3.8) is 0 Å². The Balaban J connectivity index is 2.62. The Morgan fingerprint density at radius 1 is 1.38 bits per heavy atom. The number of esters is 1. The van der Waals surface area contributed by atoms with Crippen LogP contribution in [0, 0.1) is 11.8 Å². The van der Waals surface area contributed by atoms with Gasteiger partial charge in [-0.15, -0.1) is 0 Å². The minimum absolute atomic E-state index is 0.0520. The Morgan fingerprint density at radius 3 is 2.69 bits per heavy atom. The van der Waals surface area contributed by atoms with Gasteiger partial charge in [0.15, 0.2) is 0 Å². The molecule has 0 aromatic carbocycles. The number of Topliss-reactive ketones (excluding diaryl/α,β-unsaturated/α-hetero) is 1. The molecule has 1 saturated carbocycles. The summed E-state index contributed by atoms with van der Waals surface area (Å²) in [6, 6.07) is 0. The lowest BCUT2D eigenvalue weighted by atomic mass is 9.98. The molecule has 0 heterocycles. The molecule has 74 valence electrons. The smallest absolute Gasteiger partial charge is 0.316 e. The first-order chi connectivity index (χ1) is 6.15. The summed E-state index contributed by atoms with van der Waals surface area (Å²) < 4.78 is 4.59. The molecule has 1 fully saturated rings. The molecule has 0 bridgehead atoms. The largest absolute Gasteiger partial charge is 0.468 e. The van der Waals surface area contributed by atoms with Crippen molar-refractivity contribution in [1.82, 2.24) is 0 Å². The number of methoxy groups -OCH3 is 1. The maximum Gasteiger partial charge on any atom is 0.316 e. The van der Waals surface area contributed by atoms with Gasteiger partial charge in [-0.25, -0.2) is 0 Å². The zero-order valence-electron chi connectivity index (χ0n) is 8.21. The van der Waals surface area contributed by atoms with E-state index in [-0.39, 0.29) is 11.8 Å². The van der Waals surface area contributed by atoms with Crippen LogP contribution in [0.5, 0.6) is 0 Å². The fourth-order valence-electron chi connectivity index (χ4n) is 1.71. The summed E-state index contributed by atoms with van der Waals surface area (Å²) in [6.45, 7) is 2.12. The minimum atomic E-state index is -0.491. The highest BCUT2D eigenvalue weighted by Gasteiger charge is 2.29. The molecule has 0 aromatic heterocycles. The van der Waals surface area contributed by atoms with Gasteiger partial charge in [-0.05, 0) is 25.2 Å². The van der Waals surface area contributed by atoms with E-state index >= 15 is 0 Å². The zero-order chi connectivity index (χ0) is 9.84. The van der Waals surface area contributed by atoms with Crippen LogP contribution in [0.2, 0.25) is 0 Å². The molecule has 1 aliphatic carbocycles. The second-order valence-electron chi connectivity index (χ2n) is 3.76. The van der Waals surface area contributed by atoms with E-state index in [0.717, 1.165) is 12.8 Å². The third kappa shape index (κ3) is 2.54. The summed E-state index contributed by atoms with van der Waals surface area (Å²) in [6.07, 6.45) is 3.05. The Hall–Kier alpha value is -0.860. The summed E-state index contributed by atoms with van der Waals surface area (Å²) in [7, 11) is 1.34. The van der Waals surface area contributed by atoms with Gasteiger partial charge in [-0.3, -0.25) is 9.59 Å². The number of hydrogen-bond acceptors (Lipinski definition) is 3. The predicted octanol–water partition coefficient (Wildman–Crippen LogP) is 1.55. The van der Waals surface area contributed by atoms with Crippen molar-refractivity contribution in [1.29, 1.82) is 0 Å². The first-order valence-electron chi connectivity index (χ1n) is 4.75. The first-order valence-corrected chi connectivity index (χ1v) is 4.75. The summed E-state index contributed by atoms with van der Waals surface area (Å²) in [5.41, 5.74) is 0. The fourth-order valence-corrected chi connectivity index (χ4v) is 1.71. The molecule has 2 atom stereocenters. The van der Waals surface area contributed by atoms with Gasteiger partial charge >= 0.3 is 5.97 Å². The number of hydrogen-bond donors (Lipinski definition) is 0. The minimum Gasteiger partial charge on any atom is -0.468 e. The van der Waals surface area contributed by atoms with E-state index in [9.17, 15) is 9.59 Å². The Morgan fingerprint density at radius 2 is 2.08 bits per heavy atom. The van der Waals surface area contributed by atoms with Gasteiger partial charge in [-0.1, -0.05) is 6.92 Å². The third-order valence-corrected chi connectivity index (χ3v) is 2.71. The van der Waals surface area contributed by atoms with Crippen LogP contribution >= 0.6 is 0 Å². The molecule has 2 unspecified atom stereocenters. The monoisotopic (exact) mass is 184 g/mol. The average molecular weight is 184 g/mol. The van der Waals surface area contributed by atoms with Crippen LogP contribution in [-0.4, -0.2) is 18.9 Å². The van der Waals surface area contributed by atoms with Gasteiger partial charge < -0.3 is 4.74 Å². The van der Waals surface area contributed by atoms with Crippen LogP contribution in [0.15, 0.2) is 0 Å². The second-order valence-corrected chi connectivity index (χ2v) is 3.76. The van der Waals surface area contributed by atoms with Crippen LogP contribution in [-0.2, 0) is 14.3 Å². The molecule has 1 aliphatic rings. The van der Waals surface area contributed by atoms with Crippen LogP contribution in [0.1, 0.15) is 32.6 Å². The van der Waals surface area contributed by atoms with Crippen LogP contribution < -0.4 is 0 Å². The molecule has 0 aromatic rings. The van der Waals surface area contributed by atoms with Crippen molar-refractivity contribution < 1.29 is 14.3 Å². The number of carbonyl (C=O) groups excluding carboxylic acids is 2. The third-order valence-electron chi connectivity index (χ3n) is 2.71. The normalized spacial score (nSPS) is 29.5. The van der Waals surface area contributed by atoms with E-state index in [1.807, 2.05) is 0 Å². The van der Waals surface area contributed by atoms with E-state index in [1.165, 1.54) is 7.11 Å². The topological polar surface area (TPSA) is 43.4 Å². The quantitative estimate of drug-likeness (QED) is 0.353. The van der Waals surface area contributed by atoms with Crippen LogP contribution in [0.4, 0.5) is 0 Å². The average Bonchev–Trinajstić information content (AvgIpc) is 2.28. The zero-order valence-corrected chi connectivity index (χ0v) is 8.21. The lowest BCUT2D eigenvalue weighted by molar-refractivity contribution is -0.149. The molecule has 3 heteroatoms. The van der Waals surface area contributed by atoms with Crippen molar-refractivity contribution >= 4 is 11.8 Å². The molecule has 0 amide bonds. The SMILES string of the molecule is COC(=O)C1CCC(C)CCC1=O. The molecular formula is C10H16O3. The second kappa shape index (κ2) is 4.40. The van der Waals surface area contributed by atoms with Crippen molar-refractivity contribution in [2.75, 3.05) is 7.11 Å². The summed E-state index contributed by atoms with van der Waals surface area (Å²) >= 11 is 0. The van der Waals surface area contributed by atoms with Gasteiger partial charge in [0.2, 0.25) is 0 Å². The molecule has 0 radical (unpaired) electrons. The van der Waals surface area contributed by atoms with Crippen molar-refractivity contribution in [3.8, 4) is 0 Å². The molecule has 1 rings (SSSR count). The van der Waals surface area contributed by atoms with E-state index < -0.39 is 5.92 Å². The Labute approximate surface area is 78.5 Å². The molecule has 0 N–H and O–H groups in total. The number of carbonyl (C=O) groups is 2. The van der Waals surface area contributed by atoms with Gasteiger partial charge in [0.05, 0.1) is 7.11 Å². The van der Waals surface area contributed by atoms with Gasteiger partial charge in [0.1, 0.15) is 11.7 Å². The fraction of sp³-hybridized carbons (Fsp3) is 0.800. The van der Waals surface area contributed by atoms with Crippen molar-refractivity contribution in [2.45, 2.75) is 32.6 Å². The Kier molecular flexibility index (Phi) is 3.46. The lowest BCUT2D eigenvalue weighted by Crippen LogP contribution is -2.23.